The monoisotopic (exact) mass is 404 g/mol. The molecule has 4 heteroatoms. The molecule has 1 saturated heterocycles. The standard InChI is InChI=1S/C25H25ClN2O/c1-27(2)22-14-15-28(17-22)25(29)21-12-13-24(26)23(16-21)20-10-8-19(9-11-20)18-6-4-3-5-7-18/h3-13,16,22H,14-15,17H2,1-2H3. The number of halogens is 1. The quantitative estimate of drug-likeness (QED) is 0.577. The van der Waals surface area contributed by atoms with Crippen LogP contribution >= 0.6 is 11.6 Å². The van der Waals surface area contributed by atoms with Gasteiger partial charge in [0.05, 0.1) is 0 Å². The van der Waals surface area contributed by atoms with Crippen molar-refractivity contribution in [3.05, 3.63) is 83.4 Å². The van der Waals surface area contributed by atoms with Gasteiger partial charge < -0.3 is 9.80 Å². The maximum absolute atomic E-state index is 13.0. The van der Waals surface area contributed by atoms with E-state index >= 15 is 0 Å². The van der Waals surface area contributed by atoms with Crippen LogP contribution in [0.3, 0.4) is 0 Å². The molecule has 0 bridgehead atoms. The van der Waals surface area contributed by atoms with Gasteiger partial charge in [0, 0.05) is 35.3 Å². The second kappa shape index (κ2) is 8.40. The Bertz CT molecular complexity index is 999. The van der Waals surface area contributed by atoms with Gasteiger partial charge in [-0.05, 0) is 55.4 Å². The van der Waals surface area contributed by atoms with E-state index in [0.29, 0.717) is 16.6 Å². The number of likely N-dealkylation sites (tertiary alicyclic amines) is 1. The van der Waals surface area contributed by atoms with E-state index in [-0.39, 0.29) is 5.91 Å². The number of hydrogen-bond donors (Lipinski definition) is 0. The van der Waals surface area contributed by atoms with Crippen molar-refractivity contribution in [2.75, 3.05) is 27.2 Å². The van der Waals surface area contributed by atoms with Crippen molar-refractivity contribution in [3.63, 3.8) is 0 Å². The molecule has 1 heterocycles. The van der Waals surface area contributed by atoms with Crippen molar-refractivity contribution in [2.45, 2.75) is 12.5 Å². The molecule has 1 aliphatic rings. The van der Waals surface area contributed by atoms with E-state index in [9.17, 15) is 4.79 Å². The third-order valence-corrected chi connectivity index (χ3v) is 6.03. The maximum Gasteiger partial charge on any atom is 0.253 e. The summed E-state index contributed by atoms with van der Waals surface area (Å²) in [5, 5.41) is 0.654. The van der Waals surface area contributed by atoms with Crippen LogP contribution in [-0.2, 0) is 0 Å². The minimum atomic E-state index is 0.0770. The number of amides is 1. The SMILES string of the molecule is CN(C)C1CCN(C(=O)c2ccc(Cl)c(-c3ccc(-c4ccccc4)cc3)c2)C1. The third kappa shape index (κ3) is 4.21. The molecule has 3 nitrogen and oxygen atoms in total. The van der Waals surface area contributed by atoms with Gasteiger partial charge >= 0.3 is 0 Å². The van der Waals surface area contributed by atoms with Crippen LogP contribution in [-0.4, -0.2) is 48.9 Å². The van der Waals surface area contributed by atoms with Crippen molar-refractivity contribution in [1.82, 2.24) is 9.80 Å². The first-order chi connectivity index (χ1) is 14.0. The molecule has 0 aliphatic carbocycles. The first-order valence-corrected chi connectivity index (χ1v) is 10.3. The van der Waals surface area contributed by atoms with Crippen LogP contribution in [0.15, 0.2) is 72.8 Å². The molecule has 0 aromatic heterocycles. The molecule has 3 aromatic carbocycles. The number of carbonyl (C=O) groups is 1. The van der Waals surface area contributed by atoms with Gasteiger partial charge in [-0.3, -0.25) is 4.79 Å². The van der Waals surface area contributed by atoms with Gasteiger partial charge in [-0.15, -0.1) is 0 Å². The molecule has 1 unspecified atom stereocenters. The topological polar surface area (TPSA) is 23.6 Å². The average Bonchev–Trinajstić information content (AvgIpc) is 3.25. The minimum absolute atomic E-state index is 0.0770. The summed E-state index contributed by atoms with van der Waals surface area (Å²) in [5.41, 5.74) is 4.93. The van der Waals surface area contributed by atoms with Crippen LogP contribution in [0.2, 0.25) is 5.02 Å². The van der Waals surface area contributed by atoms with Crippen LogP contribution in [0.5, 0.6) is 0 Å². The highest BCUT2D eigenvalue weighted by molar-refractivity contribution is 6.33. The Hall–Kier alpha value is -2.62. The van der Waals surface area contributed by atoms with Crippen LogP contribution in [0.1, 0.15) is 16.8 Å². The van der Waals surface area contributed by atoms with E-state index in [2.05, 4.69) is 55.4 Å². The highest BCUT2D eigenvalue weighted by Gasteiger charge is 2.28. The number of nitrogens with zero attached hydrogens (tertiary/aromatic N) is 2. The van der Waals surface area contributed by atoms with Gasteiger partial charge in [0.1, 0.15) is 0 Å². The average molecular weight is 405 g/mol. The van der Waals surface area contributed by atoms with Gasteiger partial charge in [-0.1, -0.05) is 66.2 Å². The molecule has 29 heavy (non-hydrogen) atoms. The minimum Gasteiger partial charge on any atom is -0.337 e. The Kier molecular flexibility index (Phi) is 5.70. The first-order valence-electron chi connectivity index (χ1n) is 9.94. The lowest BCUT2D eigenvalue weighted by atomic mass is 9.99. The Balaban J connectivity index is 1.58. The predicted molar refractivity (Wildman–Crippen MR) is 120 cm³/mol. The summed E-state index contributed by atoms with van der Waals surface area (Å²) >= 11 is 6.49. The number of hydrogen-bond acceptors (Lipinski definition) is 2. The summed E-state index contributed by atoms with van der Waals surface area (Å²) < 4.78 is 0. The highest BCUT2D eigenvalue weighted by Crippen LogP contribution is 2.31. The molecule has 1 atom stereocenters. The number of carbonyl (C=O) groups excluding carboxylic acids is 1. The fourth-order valence-electron chi connectivity index (χ4n) is 3.88. The Morgan fingerprint density at radius 2 is 1.59 bits per heavy atom. The van der Waals surface area contributed by atoms with E-state index in [1.165, 1.54) is 5.56 Å². The lowest BCUT2D eigenvalue weighted by Gasteiger charge is -2.20. The van der Waals surface area contributed by atoms with Crippen molar-refractivity contribution in [3.8, 4) is 22.3 Å². The van der Waals surface area contributed by atoms with Crippen molar-refractivity contribution < 1.29 is 4.79 Å². The van der Waals surface area contributed by atoms with Gasteiger partial charge in [0.2, 0.25) is 0 Å². The molecular weight excluding hydrogens is 380 g/mol. The van der Waals surface area contributed by atoms with Gasteiger partial charge in [-0.2, -0.15) is 0 Å². The molecule has 148 valence electrons. The first kappa shape index (κ1) is 19.7. The Morgan fingerprint density at radius 1 is 0.931 bits per heavy atom. The lowest BCUT2D eigenvalue weighted by molar-refractivity contribution is 0.0783. The van der Waals surface area contributed by atoms with Gasteiger partial charge in [0.25, 0.3) is 5.91 Å². The summed E-state index contributed by atoms with van der Waals surface area (Å²) in [4.78, 5) is 17.1. The number of benzene rings is 3. The highest BCUT2D eigenvalue weighted by atomic mass is 35.5. The van der Waals surface area contributed by atoms with Crippen LogP contribution < -0.4 is 0 Å². The molecular formula is C25H25ClN2O. The largest absolute Gasteiger partial charge is 0.337 e. The molecule has 1 aliphatic heterocycles. The summed E-state index contributed by atoms with van der Waals surface area (Å²) in [7, 11) is 4.14. The molecule has 0 radical (unpaired) electrons. The van der Waals surface area contributed by atoms with Gasteiger partial charge in [0.15, 0.2) is 0 Å². The van der Waals surface area contributed by atoms with Gasteiger partial charge in [-0.25, -0.2) is 0 Å². The zero-order valence-electron chi connectivity index (χ0n) is 16.8. The second-order valence-electron chi connectivity index (χ2n) is 7.80. The van der Waals surface area contributed by atoms with E-state index in [1.807, 2.05) is 41.3 Å². The Labute approximate surface area is 177 Å². The van der Waals surface area contributed by atoms with E-state index in [1.54, 1.807) is 0 Å². The lowest BCUT2D eigenvalue weighted by Crippen LogP contribution is -2.34. The molecule has 0 spiro atoms. The van der Waals surface area contributed by atoms with Crippen molar-refractivity contribution in [1.29, 1.82) is 0 Å². The molecule has 1 fully saturated rings. The van der Waals surface area contributed by atoms with Crippen molar-refractivity contribution >= 4 is 17.5 Å². The van der Waals surface area contributed by atoms with Crippen molar-refractivity contribution in [2.24, 2.45) is 0 Å². The molecule has 4 rings (SSSR count). The summed E-state index contributed by atoms with van der Waals surface area (Å²) in [6.45, 7) is 1.57. The predicted octanol–water partition coefficient (Wildman–Crippen LogP) is 5.45. The Morgan fingerprint density at radius 3 is 2.24 bits per heavy atom. The fraction of sp³-hybridized carbons (Fsp3) is 0.240. The van der Waals surface area contributed by atoms with E-state index in [0.717, 1.165) is 36.2 Å². The molecule has 0 saturated carbocycles. The fourth-order valence-corrected chi connectivity index (χ4v) is 4.11. The second-order valence-corrected chi connectivity index (χ2v) is 8.20. The zero-order chi connectivity index (χ0) is 20.4. The smallest absolute Gasteiger partial charge is 0.253 e. The summed E-state index contributed by atoms with van der Waals surface area (Å²) in [6.07, 6.45) is 1.01. The third-order valence-electron chi connectivity index (χ3n) is 5.70. The van der Waals surface area contributed by atoms with Crippen LogP contribution in [0.4, 0.5) is 0 Å². The van der Waals surface area contributed by atoms with E-state index in [4.69, 9.17) is 11.6 Å². The van der Waals surface area contributed by atoms with E-state index < -0.39 is 0 Å². The normalized spacial score (nSPS) is 16.4. The number of rotatable bonds is 4. The summed E-state index contributed by atoms with van der Waals surface area (Å²) in [6, 6.07) is 24.6. The molecule has 0 N–H and O–H groups in total. The molecule has 3 aromatic rings. The molecule has 1 amide bonds. The zero-order valence-corrected chi connectivity index (χ0v) is 17.6. The van der Waals surface area contributed by atoms with Crippen LogP contribution in [0.25, 0.3) is 22.3 Å². The summed E-state index contributed by atoms with van der Waals surface area (Å²) in [5.74, 6) is 0.0770. The van der Waals surface area contributed by atoms with Crippen LogP contribution in [0, 0.1) is 0 Å². The number of likely N-dealkylation sites (N-methyl/N-ethyl adjacent to an activating group) is 1. The maximum atomic E-state index is 13.0.